The number of fused-ring (bicyclic) bond motifs is 2. The van der Waals surface area contributed by atoms with E-state index >= 15 is 0 Å². The van der Waals surface area contributed by atoms with Crippen LogP contribution >= 0.6 is 15.9 Å². The van der Waals surface area contributed by atoms with Gasteiger partial charge in [-0.2, -0.15) is 0 Å². The molecular formula is C16H22BrFN2. The quantitative estimate of drug-likeness (QED) is 0.908. The van der Waals surface area contributed by atoms with Crippen molar-refractivity contribution in [1.82, 2.24) is 5.32 Å². The summed E-state index contributed by atoms with van der Waals surface area (Å²) < 4.78 is 13.8. The monoisotopic (exact) mass is 340 g/mol. The van der Waals surface area contributed by atoms with Crippen molar-refractivity contribution in [3.8, 4) is 0 Å². The van der Waals surface area contributed by atoms with E-state index < -0.39 is 0 Å². The lowest BCUT2D eigenvalue weighted by atomic mass is 9.93. The Kier molecular flexibility index (Phi) is 4.61. The lowest BCUT2D eigenvalue weighted by Crippen LogP contribution is -2.31. The molecule has 110 valence electrons. The molecule has 0 atom stereocenters. The Morgan fingerprint density at radius 3 is 2.90 bits per heavy atom. The van der Waals surface area contributed by atoms with E-state index in [4.69, 9.17) is 0 Å². The number of hydrogen-bond acceptors (Lipinski definition) is 2. The van der Waals surface area contributed by atoms with E-state index in [0.717, 1.165) is 45.4 Å². The maximum atomic E-state index is 12.5. The Labute approximate surface area is 128 Å². The maximum Gasteiger partial charge on any atom is 0.0911 e. The van der Waals surface area contributed by atoms with Crippen LogP contribution in [0.1, 0.15) is 29.5 Å². The van der Waals surface area contributed by atoms with Gasteiger partial charge in [-0.3, -0.25) is 4.39 Å². The van der Waals surface area contributed by atoms with Crippen molar-refractivity contribution in [3.05, 3.63) is 27.2 Å². The molecule has 2 nitrogen and oxygen atoms in total. The van der Waals surface area contributed by atoms with Crippen LogP contribution in [0.2, 0.25) is 0 Å². The molecule has 0 aliphatic carbocycles. The van der Waals surface area contributed by atoms with Crippen molar-refractivity contribution in [1.29, 1.82) is 0 Å². The summed E-state index contributed by atoms with van der Waals surface area (Å²) in [6, 6.07) is 2.41. The van der Waals surface area contributed by atoms with Crippen molar-refractivity contribution in [2.24, 2.45) is 0 Å². The van der Waals surface area contributed by atoms with Crippen molar-refractivity contribution < 1.29 is 4.39 Å². The Morgan fingerprint density at radius 2 is 2.05 bits per heavy atom. The number of alkyl halides is 1. The van der Waals surface area contributed by atoms with Crippen LogP contribution < -0.4 is 10.2 Å². The van der Waals surface area contributed by atoms with E-state index in [1.54, 1.807) is 0 Å². The van der Waals surface area contributed by atoms with Gasteiger partial charge in [0.15, 0.2) is 0 Å². The number of rotatable bonds is 3. The minimum absolute atomic E-state index is 0.224. The zero-order valence-electron chi connectivity index (χ0n) is 11.9. The third-order valence-corrected chi connectivity index (χ3v) is 5.24. The summed E-state index contributed by atoms with van der Waals surface area (Å²) in [5.74, 6) is 0. The molecule has 0 unspecified atom stereocenters. The minimum Gasteiger partial charge on any atom is -0.370 e. The molecule has 0 spiro atoms. The van der Waals surface area contributed by atoms with Crippen molar-refractivity contribution in [2.45, 2.75) is 32.1 Å². The normalized spacial score (nSPS) is 18.4. The molecule has 0 fully saturated rings. The number of hydrogen-bond donors (Lipinski definition) is 1. The third-order valence-electron chi connectivity index (χ3n) is 4.39. The van der Waals surface area contributed by atoms with Crippen LogP contribution in [0.4, 0.5) is 10.1 Å². The fourth-order valence-electron chi connectivity index (χ4n) is 3.42. The van der Waals surface area contributed by atoms with E-state index in [1.807, 2.05) is 0 Å². The molecule has 0 aromatic heterocycles. The van der Waals surface area contributed by atoms with Crippen LogP contribution in [-0.4, -0.2) is 32.9 Å². The van der Waals surface area contributed by atoms with Gasteiger partial charge < -0.3 is 10.2 Å². The fraction of sp³-hybridized carbons (Fsp3) is 0.625. The van der Waals surface area contributed by atoms with Gasteiger partial charge in [0.05, 0.1) is 12.4 Å². The number of nitrogens with zero attached hydrogens (tertiary/aromatic N) is 1. The zero-order valence-corrected chi connectivity index (χ0v) is 13.4. The minimum atomic E-state index is -0.224. The molecule has 2 aliphatic heterocycles. The molecule has 20 heavy (non-hydrogen) atoms. The van der Waals surface area contributed by atoms with Gasteiger partial charge in [0.2, 0.25) is 0 Å². The highest BCUT2D eigenvalue weighted by Crippen LogP contribution is 2.39. The van der Waals surface area contributed by atoms with Gasteiger partial charge in [0.25, 0.3) is 0 Å². The first-order chi connectivity index (χ1) is 9.81. The smallest absolute Gasteiger partial charge is 0.0911 e. The van der Waals surface area contributed by atoms with E-state index in [9.17, 15) is 4.39 Å². The summed E-state index contributed by atoms with van der Waals surface area (Å²) in [6.07, 6.45) is 5.17. The second-order valence-corrected chi connectivity index (χ2v) is 6.51. The van der Waals surface area contributed by atoms with Crippen LogP contribution in [0, 0.1) is 0 Å². The van der Waals surface area contributed by atoms with Gasteiger partial charge in [-0.1, -0.05) is 6.07 Å². The molecular weight excluding hydrogens is 319 g/mol. The lowest BCUT2D eigenvalue weighted by Gasteiger charge is -2.33. The first-order valence-electron chi connectivity index (χ1n) is 7.66. The highest BCUT2D eigenvalue weighted by atomic mass is 79.9. The first-order valence-corrected chi connectivity index (χ1v) is 8.45. The van der Waals surface area contributed by atoms with Gasteiger partial charge in [-0.25, -0.2) is 0 Å². The van der Waals surface area contributed by atoms with E-state index in [-0.39, 0.29) is 6.67 Å². The topological polar surface area (TPSA) is 15.3 Å². The first kappa shape index (κ1) is 14.3. The zero-order chi connectivity index (χ0) is 13.9. The summed E-state index contributed by atoms with van der Waals surface area (Å²) >= 11 is 3.86. The van der Waals surface area contributed by atoms with Gasteiger partial charge in [0, 0.05) is 17.6 Å². The Morgan fingerprint density at radius 1 is 1.20 bits per heavy atom. The molecule has 0 radical (unpaired) electrons. The molecule has 0 amide bonds. The predicted molar refractivity (Wildman–Crippen MR) is 85.5 cm³/mol. The van der Waals surface area contributed by atoms with Gasteiger partial charge in [-0.15, -0.1) is 0 Å². The largest absolute Gasteiger partial charge is 0.370 e. The summed E-state index contributed by atoms with van der Waals surface area (Å²) in [6.45, 7) is 3.79. The molecule has 2 heterocycles. The Balaban J connectivity index is 2.00. The molecule has 0 bridgehead atoms. The summed E-state index contributed by atoms with van der Waals surface area (Å²) in [7, 11) is 0. The second kappa shape index (κ2) is 6.44. The standard InChI is InChI=1S/C16H22BrFN2/c17-15-14-5-8-19-7-4-12(14)11-13-3-1-9-20(16(13)15)10-2-6-18/h11,19H,1-10H2. The van der Waals surface area contributed by atoms with E-state index in [0.29, 0.717) is 6.42 Å². The summed E-state index contributed by atoms with van der Waals surface area (Å²) in [5.41, 5.74) is 5.74. The van der Waals surface area contributed by atoms with Crippen LogP contribution in [0.25, 0.3) is 0 Å². The molecule has 2 aliphatic rings. The highest BCUT2D eigenvalue weighted by Gasteiger charge is 2.24. The fourth-order valence-corrected chi connectivity index (χ4v) is 4.38. The molecule has 1 N–H and O–H groups in total. The van der Waals surface area contributed by atoms with Crippen molar-refractivity contribution in [2.75, 3.05) is 37.8 Å². The highest BCUT2D eigenvalue weighted by molar-refractivity contribution is 9.10. The summed E-state index contributed by atoms with van der Waals surface area (Å²) in [5, 5.41) is 3.47. The SMILES string of the molecule is FCCCN1CCCc2cc3c(c(Br)c21)CCNCC3. The summed E-state index contributed by atoms with van der Waals surface area (Å²) in [4.78, 5) is 2.38. The second-order valence-electron chi connectivity index (χ2n) is 5.72. The number of halogens is 2. The average molecular weight is 341 g/mol. The predicted octanol–water partition coefficient (Wildman–Crippen LogP) is 3.25. The van der Waals surface area contributed by atoms with Crippen LogP contribution in [-0.2, 0) is 19.3 Å². The van der Waals surface area contributed by atoms with Gasteiger partial charge >= 0.3 is 0 Å². The molecule has 0 saturated carbocycles. The van der Waals surface area contributed by atoms with E-state index in [1.165, 1.54) is 33.3 Å². The number of nitrogens with one attached hydrogen (secondary N) is 1. The maximum absolute atomic E-state index is 12.5. The molecule has 1 aromatic carbocycles. The molecule has 3 rings (SSSR count). The number of aryl methyl sites for hydroxylation is 1. The van der Waals surface area contributed by atoms with Crippen LogP contribution in [0.3, 0.4) is 0 Å². The van der Waals surface area contributed by atoms with Gasteiger partial charge in [-0.05, 0) is 77.8 Å². The van der Waals surface area contributed by atoms with E-state index in [2.05, 4.69) is 32.2 Å². The van der Waals surface area contributed by atoms with Crippen molar-refractivity contribution >= 4 is 21.6 Å². The molecule has 0 saturated heterocycles. The van der Waals surface area contributed by atoms with Crippen LogP contribution in [0.5, 0.6) is 0 Å². The van der Waals surface area contributed by atoms with Crippen molar-refractivity contribution in [3.63, 3.8) is 0 Å². The molecule has 1 aromatic rings. The number of anilines is 1. The van der Waals surface area contributed by atoms with Gasteiger partial charge in [0.1, 0.15) is 0 Å². The number of benzene rings is 1. The van der Waals surface area contributed by atoms with Crippen LogP contribution in [0.15, 0.2) is 10.5 Å². The Hall–Kier alpha value is -0.610. The third kappa shape index (κ3) is 2.73. The Bertz CT molecular complexity index is 490. The lowest BCUT2D eigenvalue weighted by molar-refractivity contribution is 0.468. The average Bonchev–Trinajstić information content (AvgIpc) is 2.70. The molecule has 4 heteroatoms.